The molecule has 0 atom stereocenters. The molecule has 3 rings (SSSR count). The van der Waals surface area contributed by atoms with Crippen molar-refractivity contribution in [1.82, 2.24) is 5.32 Å². The summed E-state index contributed by atoms with van der Waals surface area (Å²) in [7, 11) is 1.66. The lowest BCUT2D eigenvalue weighted by atomic mass is 10.1. The van der Waals surface area contributed by atoms with Crippen LogP contribution in [0.5, 0.6) is 5.75 Å². The summed E-state index contributed by atoms with van der Waals surface area (Å²) >= 11 is 6.07. The number of rotatable bonds is 8. The van der Waals surface area contributed by atoms with Gasteiger partial charge in [0.25, 0.3) is 5.91 Å². The Morgan fingerprint density at radius 1 is 1.04 bits per heavy atom. The molecule has 1 aliphatic rings. The van der Waals surface area contributed by atoms with E-state index in [2.05, 4.69) is 11.4 Å². The molecule has 0 bridgehead atoms. The maximum absolute atomic E-state index is 12.2. The molecule has 0 unspecified atom stereocenters. The van der Waals surface area contributed by atoms with Crippen molar-refractivity contribution in [2.24, 2.45) is 0 Å². The fourth-order valence-electron chi connectivity index (χ4n) is 3.67. The average Bonchev–Trinajstić information content (AvgIpc) is 2.70. The molecule has 1 amide bonds. The Kier molecular flexibility index (Phi) is 7.71. The largest absolute Gasteiger partial charge is 0.497 e. The van der Waals surface area contributed by atoms with Crippen molar-refractivity contribution in [3.8, 4) is 5.75 Å². The summed E-state index contributed by atoms with van der Waals surface area (Å²) in [4.78, 5) is 15.2. The van der Waals surface area contributed by atoms with Gasteiger partial charge in [0, 0.05) is 17.1 Å². The van der Waals surface area contributed by atoms with E-state index in [4.69, 9.17) is 16.3 Å². The van der Waals surface area contributed by atoms with Gasteiger partial charge in [-0.1, -0.05) is 35.9 Å². The number of piperazine rings is 1. The lowest BCUT2D eigenvalue weighted by Gasteiger charge is -2.29. The van der Waals surface area contributed by atoms with Crippen LogP contribution in [0.25, 0.3) is 0 Å². The molecule has 0 saturated carbocycles. The van der Waals surface area contributed by atoms with Crippen LogP contribution in [0.2, 0.25) is 5.02 Å². The smallest absolute Gasteiger partial charge is 0.275 e. The molecule has 0 aromatic heterocycles. The van der Waals surface area contributed by atoms with E-state index in [1.165, 1.54) is 16.0 Å². The Labute approximate surface area is 172 Å². The molecule has 1 saturated heterocycles. The number of carbonyl (C=O) groups is 1. The summed E-state index contributed by atoms with van der Waals surface area (Å²) in [6, 6.07) is 16.1. The number of ether oxygens (including phenoxy) is 1. The third kappa shape index (κ3) is 6.51. The van der Waals surface area contributed by atoms with Gasteiger partial charge in [-0.15, -0.1) is 0 Å². The minimum atomic E-state index is 0.141. The molecule has 150 valence electrons. The van der Waals surface area contributed by atoms with Gasteiger partial charge >= 0.3 is 0 Å². The molecule has 0 radical (unpaired) electrons. The number of carbonyl (C=O) groups excluding carboxylic acids is 1. The minimum absolute atomic E-state index is 0.141. The van der Waals surface area contributed by atoms with Crippen LogP contribution < -0.4 is 19.9 Å². The van der Waals surface area contributed by atoms with E-state index in [9.17, 15) is 4.79 Å². The summed E-state index contributed by atoms with van der Waals surface area (Å²) in [5.74, 6) is 0.995. The predicted molar refractivity (Wildman–Crippen MR) is 111 cm³/mol. The Bertz CT molecular complexity index is 759. The molecule has 6 heteroatoms. The number of halogens is 1. The van der Waals surface area contributed by atoms with Crippen LogP contribution in [-0.4, -0.2) is 52.3 Å². The number of quaternary nitrogens is 2. The van der Waals surface area contributed by atoms with Gasteiger partial charge in [-0.3, -0.25) is 4.79 Å². The lowest BCUT2D eigenvalue weighted by Crippen LogP contribution is -3.28. The zero-order valence-electron chi connectivity index (χ0n) is 16.5. The molecular formula is C22H30ClN3O2+2. The van der Waals surface area contributed by atoms with Gasteiger partial charge in [0.15, 0.2) is 6.54 Å². The number of amides is 1. The summed E-state index contributed by atoms with van der Waals surface area (Å²) in [6.07, 6.45) is 0.836. The molecular weight excluding hydrogens is 374 g/mol. The van der Waals surface area contributed by atoms with E-state index in [1.807, 2.05) is 42.5 Å². The third-order valence-electron chi connectivity index (χ3n) is 5.31. The highest BCUT2D eigenvalue weighted by Crippen LogP contribution is 2.11. The monoisotopic (exact) mass is 403 g/mol. The maximum atomic E-state index is 12.2. The Hall–Kier alpha value is -2.08. The van der Waals surface area contributed by atoms with E-state index >= 15 is 0 Å². The van der Waals surface area contributed by atoms with Crippen LogP contribution in [0.15, 0.2) is 48.5 Å². The van der Waals surface area contributed by atoms with Gasteiger partial charge in [0.1, 0.15) is 38.5 Å². The van der Waals surface area contributed by atoms with E-state index in [0.717, 1.165) is 49.9 Å². The van der Waals surface area contributed by atoms with Gasteiger partial charge in [0.05, 0.1) is 7.11 Å². The van der Waals surface area contributed by atoms with Crippen LogP contribution in [0.4, 0.5) is 0 Å². The summed E-state index contributed by atoms with van der Waals surface area (Å²) in [6.45, 7) is 6.46. The molecule has 0 spiro atoms. The second kappa shape index (κ2) is 10.5. The van der Waals surface area contributed by atoms with Crippen molar-refractivity contribution >= 4 is 17.5 Å². The lowest BCUT2D eigenvalue weighted by molar-refractivity contribution is -1.02. The molecule has 5 nitrogen and oxygen atoms in total. The molecule has 2 aromatic rings. The van der Waals surface area contributed by atoms with Crippen molar-refractivity contribution in [3.05, 3.63) is 64.7 Å². The van der Waals surface area contributed by atoms with Gasteiger partial charge in [-0.2, -0.15) is 0 Å². The molecule has 1 heterocycles. The number of hydrogen-bond acceptors (Lipinski definition) is 2. The molecule has 0 aliphatic carbocycles. The number of methoxy groups -OCH3 is 1. The first-order valence-corrected chi connectivity index (χ1v) is 10.3. The van der Waals surface area contributed by atoms with Crippen molar-refractivity contribution in [1.29, 1.82) is 0 Å². The Balaban J connectivity index is 1.33. The van der Waals surface area contributed by atoms with Crippen molar-refractivity contribution < 1.29 is 19.3 Å². The SMILES string of the molecule is COc1ccc(CCNC(=O)C[NH+]2CC[NH+](Cc3cccc(Cl)c3)CC2)cc1. The summed E-state index contributed by atoms with van der Waals surface area (Å²) in [5, 5.41) is 3.85. The second-order valence-electron chi connectivity index (χ2n) is 7.43. The van der Waals surface area contributed by atoms with Crippen molar-refractivity contribution in [2.75, 3.05) is 46.4 Å². The van der Waals surface area contributed by atoms with E-state index in [0.29, 0.717) is 13.1 Å². The minimum Gasteiger partial charge on any atom is -0.497 e. The number of hydrogen-bond donors (Lipinski definition) is 3. The molecule has 28 heavy (non-hydrogen) atoms. The Morgan fingerprint density at radius 3 is 2.43 bits per heavy atom. The first-order chi connectivity index (χ1) is 13.6. The molecule has 1 fully saturated rings. The highest BCUT2D eigenvalue weighted by molar-refractivity contribution is 6.30. The fourth-order valence-corrected chi connectivity index (χ4v) is 3.89. The first kappa shape index (κ1) is 20.6. The zero-order chi connectivity index (χ0) is 19.8. The summed E-state index contributed by atoms with van der Waals surface area (Å²) < 4.78 is 5.16. The van der Waals surface area contributed by atoms with Gasteiger partial charge in [-0.05, 0) is 36.2 Å². The average molecular weight is 404 g/mol. The van der Waals surface area contributed by atoms with E-state index in [1.54, 1.807) is 12.0 Å². The fraction of sp³-hybridized carbons (Fsp3) is 0.409. The summed E-state index contributed by atoms with van der Waals surface area (Å²) in [5.41, 5.74) is 2.48. The Morgan fingerprint density at radius 2 is 1.75 bits per heavy atom. The normalized spacial score (nSPS) is 19.2. The van der Waals surface area contributed by atoms with E-state index < -0.39 is 0 Å². The molecule has 1 aliphatic heterocycles. The quantitative estimate of drug-likeness (QED) is 0.580. The highest BCUT2D eigenvalue weighted by Gasteiger charge is 2.24. The van der Waals surface area contributed by atoms with E-state index in [-0.39, 0.29) is 5.91 Å². The van der Waals surface area contributed by atoms with Crippen LogP contribution in [0.1, 0.15) is 11.1 Å². The number of nitrogens with one attached hydrogen (secondary N) is 3. The second-order valence-corrected chi connectivity index (χ2v) is 7.87. The van der Waals surface area contributed by atoms with Crippen molar-refractivity contribution in [2.45, 2.75) is 13.0 Å². The first-order valence-electron chi connectivity index (χ1n) is 9.93. The standard InChI is InChI=1S/C22H28ClN3O2/c1-28-21-7-5-18(6-8-21)9-10-24-22(27)17-26-13-11-25(12-14-26)16-19-3-2-4-20(23)15-19/h2-8,15H,9-14,16-17H2,1H3,(H,24,27)/p+2. The highest BCUT2D eigenvalue weighted by atomic mass is 35.5. The van der Waals surface area contributed by atoms with Gasteiger partial charge in [0.2, 0.25) is 0 Å². The van der Waals surface area contributed by atoms with Crippen LogP contribution in [0.3, 0.4) is 0 Å². The van der Waals surface area contributed by atoms with Gasteiger partial charge in [-0.25, -0.2) is 0 Å². The maximum Gasteiger partial charge on any atom is 0.275 e. The predicted octanol–water partition coefficient (Wildman–Crippen LogP) is -0.00910. The van der Waals surface area contributed by atoms with Crippen LogP contribution >= 0.6 is 11.6 Å². The van der Waals surface area contributed by atoms with Crippen LogP contribution in [-0.2, 0) is 17.8 Å². The van der Waals surface area contributed by atoms with Gasteiger partial charge < -0.3 is 19.9 Å². The molecule has 2 aromatic carbocycles. The number of benzene rings is 2. The molecule has 3 N–H and O–H groups in total. The zero-order valence-corrected chi connectivity index (χ0v) is 17.2. The third-order valence-corrected chi connectivity index (χ3v) is 5.55. The van der Waals surface area contributed by atoms with Crippen molar-refractivity contribution in [3.63, 3.8) is 0 Å². The van der Waals surface area contributed by atoms with Crippen LogP contribution in [0, 0.1) is 0 Å². The topological polar surface area (TPSA) is 47.2 Å².